The number of halogens is 2. The molecule has 1 amide bonds. The van der Waals surface area contributed by atoms with E-state index in [-0.39, 0.29) is 18.1 Å². The molecular weight excluding hydrogens is 349 g/mol. The molecule has 0 aromatic heterocycles. The quantitative estimate of drug-likeness (QED) is 0.649. The minimum Gasteiger partial charge on any atom is -0.390 e. The molecule has 23 heavy (non-hydrogen) atoms. The van der Waals surface area contributed by atoms with Gasteiger partial charge in [-0.2, -0.15) is 0 Å². The van der Waals surface area contributed by atoms with Gasteiger partial charge in [-0.15, -0.1) is 12.4 Å². The number of carbonyl (C=O) groups is 1. The first-order valence-electron chi connectivity index (χ1n) is 6.69. The zero-order chi connectivity index (χ0) is 16.3. The van der Waals surface area contributed by atoms with Gasteiger partial charge < -0.3 is 15.7 Å². The van der Waals surface area contributed by atoms with E-state index in [1.807, 2.05) is 0 Å². The molecule has 10 heteroatoms. The predicted molar refractivity (Wildman–Crippen MR) is 86.6 cm³/mol. The fourth-order valence-corrected chi connectivity index (χ4v) is 3.07. The lowest BCUT2D eigenvalue weighted by Gasteiger charge is -2.23. The summed E-state index contributed by atoms with van der Waals surface area (Å²) >= 11 is 0. The van der Waals surface area contributed by atoms with Gasteiger partial charge in [0.2, 0.25) is 15.9 Å². The second-order valence-corrected chi connectivity index (χ2v) is 7.06. The summed E-state index contributed by atoms with van der Waals surface area (Å²) in [6.07, 6.45) is 0.224. The number of hydrogen-bond acceptors (Lipinski definition) is 5. The Morgan fingerprint density at radius 2 is 2.17 bits per heavy atom. The van der Waals surface area contributed by atoms with E-state index >= 15 is 0 Å². The first-order chi connectivity index (χ1) is 10.3. The van der Waals surface area contributed by atoms with Gasteiger partial charge in [-0.25, -0.2) is 12.8 Å². The Hall–Kier alpha value is -1.42. The lowest BCUT2D eigenvalue weighted by molar-refractivity contribution is -0.120. The monoisotopic (exact) mass is 367 g/mol. The Labute approximate surface area is 140 Å². The Morgan fingerprint density at radius 3 is 2.70 bits per heavy atom. The van der Waals surface area contributed by atoms with Gasteiger partial charge in [0.05, 0.1) is 24.1 Å². The predicted octanol–water partition coefficient (Wildman–Crippen LogP) is -0.538. The molecular formula is C13H19ClFN3O4S. The van der Waals surface area contributed by atoms with Crippen molar-refractivity contribution in [1.29, 1.82) is 0 Å². The van der Waals surface area contributed by atoms with E-state index in [1.165, 1.54) is 18.2 Å². The molecule has 1 aromatic carbocycles. The second kappa shape index (κ2) is 7.91. The second-order valence-electron chi connectivity index (χ2n) is 5.15. The number of amides is 1. The molecule has 1 aromatic rings. The number of carbonyl (C=O) groups excluding carboxylic acids is 1. The van der Waals surface area contributed by atoms with Crippen LogP contribution < -0.4 is 14.9 Å². The van der Waals surface area contributed by atoms with E-state index in [4.69, 9.17) is 0 Å². The molecule has 0 bridgehead atoms. The molecule has 7 nitrogen and oxygen atoms in total. The molecule has 0 saturated carbocycles. The van der Waals surface area contributed by atoms with Crippen LogP contribution in [0.2, 0.25) is 0 Å². The van der Waals surface area contributed by atoms with Gasteiger partial charge in [0.1, 0.15) is 12.4 Å². The van der Waals surface area contributed by atoms with Crippen LogP contribution >= 0.6 is 12.4 Å². The summed E-state index contributed by atoms with van der Waals surface area (Å²) in [4.78, 5) is 12.0. The Bertz CT molecular complexity index is 658. The highest BCUT2D eigenvalue weighted by Crippen LogP contribution is 2.18. The standard InChI is InChI=1S/C13H18FN3O4S.ClH/c1-22(20,21)17(10-4-2-3-9(14)5-10)8-13(19)16-11-6-15-7-12(11)18;/h2-5,11-12,15,18H,6-8H2,1H3,(H,16,19);1H/t11-,12-;/m1./s1. The maximum Gasteiger partial charge on any atom is 0.241 e. The van der Waals surface area contributed by atoms with E-state index < -0.39 is 40.4 Å². The van der Waals surface area contributed by atoms with Crippen molar-refractivity contribution < 1.29 is 22.7 Å². The first kappa shape index (κ1) is 19.6. The average Bonchev–Trinajstić information content (AvgIpc) is 2.80. The Balaban J connectivity index is 0.00000264. The number of hydrogen-bond donors (Lipinski definition) is 3. The normalized spacial score (nSPS) is 20.7. The summed E-state index contributed by atoms with van der Waals surface area (Å²) in [5.41, 5.74) is 0.0720. The fraction of sp³-hybridized carbons (Fsp3) is 0.462. The first-order valence-corrected chi connectivity index (χ1v) is 8.53. The van der Waals surface area contributed by atoms with Crippen LogP contribution in [0.4, 0.5) is 10.1 Å². The third kappa shape index (κ3) is 5.31. The highest BCUT2D eigenvalue weighted by Gasteiger charge is 2.28. The summed E-state index contributed by atoms with van der Waals surface area (Å²) in [5.74, 6) is -1.16. The minimum absolute atomic E-state index is 0. The average molecular weight is 368 g/mol. The number of nitrogens with zero attached hydrogens (tertiary/aromatic N) is 1. The van der Waals surface area contributed by atoms with Crippen LogP contribution in [-0.4, -0.2) is 57.5 Å². The van der Waals surface area contributed by atoms with Crippen molar-refractivity contribution in [2.75, 3.05) is 30.2 Å². The molecule has 1 heterocycles. The smallest absolute Gasteiger partial charge is 0.241 e. The summed E-state index contributed by atoms with van der Waals surface area (Å²) in [6, 6.07) is 4.53. The van der Waals surface area contributed by atoms with Crippen LogP contribution in [0.5, 0.6) is 0 Å². The van der Waals surface area contributed by atoms with Gasteiger partial charge in [-0.3, -0.25) is 9.10 Å². The van der Waals surface area contributed by atoms with Crippen molar-refractivity contribution in [2.45, 2.75) is 12.1 Å². The van der Waals surface area contributed by atoms with Gasteiger partial charge in [0, 0.05) is 13.1 Å². The number of benzene rings is 1. The number of aliphatic hydroxyl groups is 1. The van der Waals surface area contributed by atoms with Gasteiger partial charge in [-0.05, 0) is 18.2 Å². The van der Waals surface area contributed by atoms with Gasteiger partial charge in [0.15, 0.2) is 0 Å². The molecule has 130 valence electrons. The van der Waals surface area contributed by atoms with Crippen molar-refractivity contribution in [3.8, 4) is 0 Å². The van der Waals surface area contributed by atoms with Crippen LogP contribution in [-0.2, 0) is 14.8 Å². The number of aliphatic hydroxyl groups excluding tert-OH is 1. The Kier molecular flexibility index (Phi) is 6.75. The van der Waals surface area contributed by atoms with Crippen molar-refractivity contribution in [3.63, 3.8) is 0 Å². The highest BCUT2D eigenvalue weighted by molar-refractivity contribution is 7.92. The number of sulfonamides is 1. The molecule has 1 aliphatic heterocycles. The molecule has 0 aliphatic carbocycles. The lowest BCUT2D eigenvalue weighted by Crippen LogP contribution is -2.48. The SMILES string of the molecule is CS(=O)(=O)N(CC(=O)N[C@@H]1CNC[C@H]1O)c1cccc(F)c1.Cl. The maximum absolute atomic E-state index is 13.3. The van der Waals surface area contributed by atoms with E-state index in [0.717, 1.165) is 16.6 Å². The molecule has 0 radical (unpaired) electrons. The fourth-order valence-electron chi connectivity index (χ4n) is 2.23. The molecule has 2 rings (SSSR count). The topological polar surface area (TPSA) is 98.7 Å². The molecule has 0 spiro atoms. The highest BCUT2D eigenvalue weighted by atomic mass is 35.5. The number of nitrogens with one attached hydrogen (secondary N) is 2. The van der Waals surface area contributed by atoms with E-state index in [1.54, 1.807) is 0 Å². The number of rotatable bonds is 5. The van der Waals surface area contributed by atoms with Crippen molar-refractivity contribution in [1.82, 2.24) is 10.6 Å². The molecule has 3 N–H and O–H groups in total. The van der Waals surface area contributed by atoms with Gasteiger partial charge in [0.25, 0.3) is 0 Å². The molecule has 2 atom stereocenters. The van der Waals surface area contributed by atoms with Gasteiger partial charge >= 0.3 is 0 Å². The van der Waals surface area contributed by atoms with Crippen LogP contribution in [0.15, 0.2) is 24.3 Å². The van der Waals surface area contributed by atoms with E-state index in [9.17, 15) is 22.7 Å². The third-order valence-electron chi connectivity index (χ3n) is 3.31. The summed E-state index contributed by atoms with van der Waals surface area (Å²) in [7, 11) is -3.75. The minimum atomic E-state index is -3.75. The molecule has 1 saturated heterocycles. The number of β-amino-alcohol motifs (C(OH)–C–C–N with tert-alkyl or cyclic N) is 1. The van der Waals surface area contributed by atoms with Gasteiger partial charge in [-0.1, -0.05) is 6.07 Å². The van der Waals surface area contributed by atoms with E-state index in [2.05, 4.69) is 10.6 Å². The van der Waals surface area contributed by atoms with Crippen molar-refractivity contribution in [3.05, 3.63) is 30.1 Å². The Morgan fingerprint density at radius 1 is 1.48 bits per heavy atom. The summed E-state index contributed by atoms with van der Waals surface area (Å²) in [6.45, 7) is 0.294. The van der Waals surface area contributed by atoms with Crippen molar-refractivity contribution >= 4 is 34.0 Å². The number of anilines is 1. The maximum atomic E-state index is 13.3. The van der Waals surface area contributed by atoms with E-state index in [0.29, 0.717) is 13.1 Å². The molecule has 1 aliphatic rings. The molecule has 0 unspecified atom stereocenters. The summed E-state index contributed by atoms with van der Waals surface area (Å²) < 4.78 is 37.8. The third-order valence-corrected chi connectivity index (χ3v) is 4.45. The summed E-state index contributed by atoms with van der Waals surface area (Å²) in [5, 5.41) is 15.1. The van der Waals surface area contributed by atoms with Crippen LogP contribution in [0, 0.1) is 5.82 Å². The van der Waals surface area contributed by atoms with Crippen LogP contribution in [0.1, 0.15) is 0 Å². The lowest BCUT2D eigenvalue weighted by atomic mass is 10.2. The zero-order valence-corrected chi connectivity index (χ0v) is 14.0. The van der Waals surface area contributed by atoms with Crippen LogP contribution in [0.25, 0.3) is 0 Å². The van der Waals surface area contributed by atoms with Crippen molar-refractivity contribution in [2.24, 2.45) is 0 Å². The zero-order valence-electron chi connectivity index (χ0n) is 12.4. The largest absolute Gasteiger partial charge is 0.390 e. The molecule has 1 fully saturated rings. The van der Waals surface area contributed by atoms with Crippen LogP contribution in [0.3, 0.4) is 0 Å².